The number of hydrogen-bond donors (Lipinski definition) is 2. The number of nitrogen functional groups attached to an aromatic ring is 1. The van der Waals surface area contributed by atoms with E-state index in [-0.39, 0.29) is 17.1 Å². The van der Waals surface area contributed by atoms with Gasteiger partial charge in [-0.25, -0.2) is 14.5 Å². The molecule has 0 saturated heterocycles. The minimum absolute atomic E-state index is 0.0545. The molecule has 4 aromatic heterocycles. The molecule has 0 fully saturated rings. The maximum absolute atomic E-state index is 14.1. The molecule has 0 bridgehead atoms. The van der Waals surface area contributed by atoms with Gasteiger partial charge >= 0.3 is 0 Å². The van der Waals surface area contributed by atoms with Crippen LogP contribution in [0.15, 0.2) is 77.2 Å². The van der Waals surface area contributed by atoms with Gasteiger partial charge in [-0.05, 0) is 56.2 Å². The van der Waals surface area contributed by atoms with Gasteiger partial charge in [0.2, 0.25) is 0 Å². The number of aromatic nitrogens is 6. The zero-order chi connectivity index (χ0) is 27.8. The first-order valence-corrected chi connectivity index (χ1v) is 13.2. The fourth-order valence-corrected chi connectivity index (χ4v) is 4.93. The number of nitrogens with one attached hydrogen (secondary N) is 1. The second-order valence-electron chi connectivity index (χ2n) is 9.05. The number of carbonyl (C=O) groups is 1. The largest absolute Gasteiger partial charge is 0.382 e. The summed E-state index contributed by atoms with van der Waals surface area (Å²) >= 11 is 1.42. The van der Waals surface area contributed by atoms with Crippen molar-refractivity contribution in [2.24, 2.45) is 0 Å². The molecule has 3 N–H and O–H groups in total. The van der Waals surface area contributed by atoms with Crippen molar-refractivity contribution in [3.05, 3.63) is 110 Å². The number of hydrogen-bond acceptors (Lipinski definition) is 8. The van der Waals surface area contributed by atoms with E-state index < -0.39 is 11.9 Å². The minimum atomic E-state index is -0.688. The molecule has 0 aliphatic carbocycles. The lowest BCUT2D eigenvalue weighted by molar-refractivity contribution is 0.0931. The molecule has 2 aromatic carbocycles. The molecule has 4 heterocycles. The minimum Gasteiger partial charge on any atom is -0.382 e. The van der Waals surface area contributed by atoms with Gasteiger partial charge in [0.1, 0.15) is 5.82 Å². The lowest BCUT2D eigenvalue weighted by atomic mass is 10.1. The molecule has 0 aliphatic heterocycles. The summed E-state index contributed by atoms with van der Waals surface area (Å²) in [7, 11) is 0. The highest BCUT2D eigenvalue weighted by Crippen LogP contribution is 2.22. The molecule has 0 spiro atoms. The Morgan fingerprint density at radius 3 is 2.65 bits per heavy atom. The van der Waals surface area contributed by atoms with E-state index in [4.69, 9.17) is 10.7 Å². The summed E-state index contributed by atoms with van der Waals surface area (Å²) in [5, 5.41) is 7.71. The van der Waals surface area contributed by atoms with Gasteiger partial charge in [-0.15, -0.1) is 11.3 Å². The van der Waals surface area contributed by atoms with Gasteiger partial charge in [0.15, 0.2) is 17.2 Å². The third kappa shape index (κ3) is 4.46. The molecule has 6 aromatic rings. The first-order chi connectivity index (χ1) is 19.4. The summed E-state index contributed by atoms with van der Waals surface area (Å²) < 4.78 is 2.92. The van der Waals surface area contributed by atoms with Crippen LogP contribution < -0.4 is 16.6 Å². The van der Waals surface area contributed by atoms with Crippen molar-refractivity contribution in [1.29, 1.82) is 0 Å². The number of carbonyl (C=O) groups excluding carboxylic acids is 1. The quantitative estimate of drug-likeness (QED) is 0.322. The summed E-state index contributed by atoms with van der Waals surface area (Å²) in [6, 6.07) is 17.4. The molecule has 1 unspecified atom stereocenters. The van der Waals surface area contributed by atoms with E-state index in [0.29, 0.717) is 39.3 Å². The van der Waals surface area contributed by atoms with E-state index >= 15 is 0 Å². The molecular weight excluding hydrogens is 524 g/mol. The average Bonchev–Trinajstić information content (AvgIpc) is 3.58. The second-order valence-corrected chi connectivity index (χ2v) is 9.93. The van der Waals surface area contributed by atoms with Crippen LogP contribution in [0.5, 0.6) is 0 Å². The Morgan fingerprint density at radius 2 is 1.88 bits per heavy atom. The van der Waals surface area contributed by atoms with Crippen molar-refractivity contribution in [2.45, 2.75) is 19.9 Å². The number of imidazole rings is 1. The van der Waals surface area contributed by atoms with Crippen molar-refractivity contribution in [3.8, 4) is 17.5 Å². The fourth-order valence-electron chi connectivity index (χ4n) is 4.46. The van der Waals surface area contributed by atoms with Crippen LogP contribution in [0.1, 0.15) is 45.4 Å². The molecule has 0 saturated carbocycles. The summed E-state index contributed by atoms with van der Waals surface area (Å²) in [5.74, 6) is 6.08. The van der Waals surface area contributed by atoms with Crippen LogP contribution in [0, 0.1) is 18.8 Å². The Hall–Kier alpha value is -5.34. The van der Waals surface area contributed by atoms with Gasteiger partial charge in [-0.3, -0.25) is 19.1 Å². The van der Waals surface area contributed by atoms with Gasteiger partial charge < -0.3 is 11.1 Å². The Labute approximate surface area is 232 Å². The summed E-state index contributed by atoms with van der Waals surface area (Å²) in [6.45, 7) is 3.57. The van der Waals surface area contributed by atoms with Crippen molar-refractivity contribution in [3.63, 3.8) is 0 Å². The number of para-hydroxylation sites is 1. The molecule has 6 rings (SSSR count). The lowest BCUT2D eigenvalue weighted by Gasteiger charge is -2.20. The van der Waals surface area contributed by atoms with Gasteiger partial charge in [-0.2, -0.15) is 5.10 Å². The van der Waals surface area contributed by atoms with Crippen LogP contribution in [0.4, 0.5) is 5.82 Å². The predicted molar refractivity (Wildman–Crippen MR) is 153 cm³/mol. The summed E-state index contributed by atoms with van der Waals surface area (Å²) in [5.41, 5.74) is 10.4. The summed E-state index contributed by atoms with van der Waals surface area (Å²) in [6.07, 6.45) is 1.68. The molecule has 1 amide bonds. The number of nitrogens with zero attached hydrogens (tertiary/aromatic N) is 6. The maximum Gasteiger partial charge on any atom is 0.274 e. The van der Waals surface area contributed by atoms with Crippen LogP contribution in [0.3, 0.4) is 0 Å². The molecule has 10 nitrogen and oxygen atoms in total. The van der Waals surface area contributed by atoms with Crippen LogP contribution in [0.2, 0.25) is 0 Å². The number of benzene rings is 2. The van der Waals surface area contributed by atoms with E-state index in [0.717, 1.165) is 4.88 Å². The zero-order valence-electron chi connectivity index (χ0n) is 21.5. The highest BCUT2D eigenvalue weighted by molar-refractivity contribution is 7.10. The molecule has 0 radical (unpaired) electrons. The van der Waals surface area contributed by atoms with Crippen LogP contribution in [0.25, 0.3) is 22.2 Å². The predicted octanol–water partition coefficient (Wildman–Crippen LogP) is 3.67. The number of aryl methyl sites for hydroxylation is 1. The smallest absolute Gasteiger partial charge is 0.274 e. The molecular formula is C29H22N8O2S. The van der Waals surface area contributed by atoms with E-state index in [1.54, 1.807) is 49.0 Å². The Kier molecular flexibility index (Phi) is 6.30. The number of nitrogens with two attached hydrogens (primary N) is 1. The van der Waals surface area contributed by atoms with E-state index in [1.807, 2.05) is 37.3 Å². The van der Waals surface area contributed by atoms with Gasteiger partial charge in [-0.1, -0.05) is 30.2 Å². The average molecular weight is 547 g/mol. The summed E-state index contributed by atoms with van der Waals surface area (Å²) in [4.78, 5) is 41.5. The Bertz CT molecular complexity index is 2020. The molecule has 1 atom stereocenters. The zero-order valence-corrected chi connectivity index (χ0v) is 22.3. The number of amides is 1. The fraction of sp³-hybridized carbons (Fsp3) is 0.103. The highest BCUT2D eigenvalue weighted by Gasteiger charge is 2.24. The second kappa shape index (κ2) is 10.1. The van der Waals surface area contributed by atoms with E-state index in [1.165, 1.54) is 20.4 Å². The van der Waals surface area contributed by atoms with E-state index in [2.05, 4.69) is 32.2 Å². The van der Waals surface area contributed by atoms with Crippen molar-refractivity contribution in [1.82, 2.24) is 34.4 Å². The first kappa shape index (κ1) is 25.0. The van der Waals surface area contributed by atoms with Gasteiger partial charge in [0.05, 0.1) is 44.9 Å². The molecule has 0 aliphatic rings. The number of thiazole rings is 1. The normalized spacial score (nSPS) is 11.8. The molecule has 11 heteroatoms. The number of anilines is 1. The Balaban J connectivity index is 1.48. The monoisotopic (exact) mass is 546 g/mol. The third-order valence-electron chi connectivity index (χ3n) is 6.28. The molecule has 40 heavy (non-hydrogen) atoms. The SMILES string of the molecule is Cc1ccc2nc(N)c(C(=O)NC(C)c3nc4cccc(C#Cc5cncs5)c4c(=O)n3-c3ccccc3)n2n1. The van der Waals surface area contributed by atoms with Crippen molar-refractivity contribution in [2.75, 3.05) is 5.73 Å². The first-order valence-electron chi connectivity index (χ1n) is 12.3. The van der Waals surface area contributed by atoms with Crippen molar-refractivity contribution < 1.29 is 4.79 Å². The Morgan fingerprint density at radius 1 is 1.05 bits per heavy atom. The number of rotatable bonds is 4. The maximum atomic E-state index is 14.1. The molecule has 196 valence electrons. The van der Waals surface area contributed by atoms with E-state index in [9.17, 15) is 9.59 Å². The van der Waals surface area contributed by atoms with Crippen molar-refractivity contribution >= 4 is 39.6 Å². The van der Waals surface area contributed by atoms with Crippen LogP contribution in [-0.4, -0.2) is 35.0 Å². The van der Waals surface area contributed by atoms with Gasteiger partial charge in [0, 0.05) is 5.56 Å². The topological polar surface area (TPSA) is 133 Å². The van der Waals surface area contributed by atoms with Crippen LogP contribution in [-0.2, 0) is 0 Å². The highest BCUT2D eigenvalue weighted by atomic mass is 32.1. The number of fused-ring (bicyclic) bond motifs is 2. The lowest BCUT2D eigenvalue weighted by Crippen LogP contribution is -2.34. The van der Waals surface area contributed by atoms with Crippen LogP contribution >= 0.6 is 11.3 Å². The standard InChI is InChI=1S/C29H22N8O2S/c1-17-11-14-23-34-26(30)25(37(23)35-17)28(38)32-18(2)27-33-22-10-6-7-19(12-13-21-15-31-16-40-21)24(22)29(39)36(27)20-8-4-3-5-9-20/h3-11,14-16,18H,30H2,1-2H3,(H,32,38). The van der Waals surface area contributed by atoms with Gasteiger partial charge in [0.25, 0.3) is 11.5 Å². The third-order valence-corrected chi connectivity index (χ3v) is 6.97.